The van der Waals surface area contributed by atoms with Crippen LogP contribution in [0.4, 0.5) is 10.3 Å². The van der Waals surface area contributed by atoms with Gasteiger partial charge in [0.05, 0.1) is 57.8 Å². The molecule has 5 heterocycles. The first kappa shape index (κ1) is 49.8. The number of hydrogen-bond donors (Lipinski definition) is 3. The van der Waals surface area contributed by atoms with E-state index in [4.69, 9.17) is 19.1 Å². The van der Waals surface area contributed by atoms with Crippen LogP contribution in [0.1, 0.15) is 71.1 Å². The molecule has 3 N–H and O–H groups in total. The second-order valence-electron chi connectivity index (χ2n) is 16.4. The maximum atomic E-state index is 13.2. The predicted octanol–water partition coefficient (Wildman–Crippen LogP) is 1.07. The molecule has 0 spiro atoms. The minimum absolute atomic E-state index is 0. The molecule has 67 heavy (non-hydrogen) atoms. The van der Waals surface area contributed by atoms with Crippen molar-refractivity contribution in [1.29, 1.82) is 0 Å². The predicted molar refractivity (Wildman–Crippen MR) is 247 cm³/mol. The average molecular weight is 1000 g/mol. The van der Waals surface area contributed by atoms with Gasteiger partial charge >= 0.3 is 0 Å². The van der Waals surface area contributed by atoms with Crippen LogP contribution in [0.3, 0.4) is 0 Å². The Morgan fingerprint density at radius 3 is 1.70 bits per heavy atom. The van der Waals surface area contributed by atoms with Crippen LogP contribution in [0.5, 0.6) is 0 Å². The molecular weight excluding hydrogens is 952 g/mol. The molecule has 24 heteroatoms. The Morgan fingerprint density at radius 2 is 1.27 bits per heavy atom. The van der Waals surface area contributed by atoms with Gasteiger partial charge in [-0.05, 0) is 56.9 Å². The molecule has 360 valence electrons. The van der Waals surface area contributed by atoms with E-state index < -0.39 is 31.5 Å². The smallest absolute Gasteiger partial charge is 0.280 e. The van der Waals surface area contributed by atoms with Crippen LogP contribution in [-0.2, 0) is 55.0 Å². The van der Waals surface area contributed by atoms with Crippen molar-refractivity contribution in [2.75, 3.05) is 56.7 Å². The highest BCUT2D eigenvalue weighted by Gasteiger charge is 2.38. The average Bonchev–Trinajstić information content (AvgIpc) is 4.11. The molecule has 2 aromatic heterocycles. The quantitative estimate of drug-likeness (QED) is 0.0761. The van der Waals surface area contributed by atoms with Crippen LogP contribution < -0.4 is 20.7 Å². The molecule has 2 aromatic carbocycles. The van der Waals surface area contributed by atoms with E-state index in [-0.39, 0.29) is 53.8 Å². The van der Waals surface area contributed by atoms with Crippen molar-refractivity contribution in [3.05, 3.63) is 81.8 Å². The SMILES string of the molecule is C[C@@H]1CN(Cc2cnc(NC(=O)/C(=N/O[C@@H]3CCOC3)c3ccc(S(=O)(=O)C4CC4)cc3)s2)CCN1.O=Cc1cnc(NC(=O)/C(=N/O[C@@H]2CCOC2)c2ccc(S(=O)(=O)C3CC3)cc2)s1.[F-]. The summed E-state index contributed by atoms with van der Waals surface area (Å²) in [7, 11) is -6.65. The zero-order valence-corrected chi connectivity index (χ0v) is 39.6. The Labute approximate surface area is 394 Å². The zero-order chi connectivity index (χ0) is 46.3. The van der Waals surface area contributed by atoms with Gasteiger partial charge < -0.3 is 29.2 Å². The highest BCUT2D eigenvalue weighted by Crippen LogP contribution is 2.35. The maximum Gasteiger partial charge on any atom is 0.280 e. The Balaban J connectivity index is 0.000000199. The number of rotatable bonds is 17. The number of ether oxygens (including phenoxy) is 2. The molecule has 3 atom stereocenters. The van der Waals surface area contributed by atoms with Gasteiger partial charge in [-0.25, -0.2) is 26.8 Å². The van der Waals surface area contributed by atoms with Crippen molar-refractivity contribution in [3.8, 4) is 0 Å². The third-order valence-corrected chi connectivity index (χ3v) is 17.4. The van der Waals surface area contributed by atoms with Gasteiger partial charge in [-0.1, -0.05) is 45.9 Å². The summed E-state index contributed by atoms with van der Waals surface area (Å²) in [6, 6.07) is 12.7. The molecule has 0 radical (unpaired) electrons. The molecule has 2 aliphatic carbocycles. The highest BCUT2D eigenvalue weighted by atomic mass is 32.2. The standard InChI is InChI=1S/C24H31N5O5S2.C19H19N3O6S2.FH/c1-16-13-29(10-9-25-16)14-19-12-26-24(35-19)27-23(30)22(28-34-18-8-11-33-15-18)17-2-4-20(5-3-17)36(31,32)21-6-7-21;23-10-14-9-20-19(29-14)21-18(24)17(22-28-13-7-8-27-11-13)12-1-3-15(4-2-12)30(25,26)16-5-6-16;/h2-5,12,16,18,21,25H,6-11,13-15H2,1H3,(H,26,27,30);1-4,9-10,13,16H,5-8,11H2,(H,20,21,24);1H/p-1/b28-22+;22-17+;/t16-,18-;13-;/m11./s1. The number of aromatic nitrogens is 2. The van der Waals surface area contributed by atoms with Crippen LogP contribution >= 0.6 is 22.7 Å². The van der Waals surface area contributed by atoms with Crippen LogP contribution in [0, 0.1) is 0 Å². The molecule has 5 fully saturated rings. The van der Waals surface area contributed by atoms with Gasteiger partial charge in [-0.3, -0.25) is 29.9 Å². The van der Waals surface area contributed by atoms with Crippen LogP contribution in [0.15, 0.2) is 81.0 Å². The highest BCUT2D eigenvalue weighted by molar-refractivity contribution is 7.92. The minimum atomic E-state index is -3.33. The molecule has 2 saturated carbocycles. The number of aldehydes is 1. The van der Waals surface area contributed by atoms with Gasteiger partial charge in [0.25, 0.3) is 11.8 Å². The van der Waals surface area contributed by atoms with Gasteiger partial charge in [0.1, 0.15) is 0 Å². The first-order valence-corrected chi connectivity index (χ1v) is 26.3. The van der Waals surface area contributed by atoms with E-state index in [0.29, 0.717) is 98.4 Å². The number of nitrogens with one attached hydrogen (secondary N) is 3. The Morgan fingerprint density at radius 1 is 0.776 bits per heavy atom. The lowest BCUT2D eigenvalue weighted by Crippen LogP contribution is -3.00. The lowest BCUT2D eigenvalue weighted by atomic mass is 10.1. The van der Waals surface area contributed by atoms with E-state index in [1.807, 2.05) is 0 Å². The fourth-order valence-electron chi connectivity index (χ4n) is 7.17. The number of anilines is 2. The third kappa shape index (κ3) is 13.1. The summed E-state index contributed by atoms with van der Waals surface area (Å²) < 4.78 is 60.5. The number of sulfone groups is 2. The largest absolute Gasteiger partial charge is 1.00 e. The van der Waals surface area contributed by atoms with Crippen molar-refractivity contribution in [3.63, 3.8) is 0 Å². The normalized spacial score (nSPS) is 21.4. The number of oxime groups is 2. The Hall–Kier alpha value is -5.08. The molecule has 9 rings (SSSR count). The number of halogens is 1. The molecule has 2 amide bonds. The molecular formula is C43H50FN8O11S4-. The number of benzene rings is 2. The van der Waals surface area contributed by atoms with Gasteiger partial charge in [-0.15, -0.1) is 11.3 Å². The number of carbonyl (C=O) groups excluding carboxylic acids is 3. The van der Waals surface area contributed by atoms with Crippen molar-refractivity contribution in [1.82, 2.24) is 20.2 Å². The molecule has 4 aromatic rings. The van der Waals surface area contributed by atoms with E-state index in [1.165, 1.54) is 53.9 Å². The molecule has 19 nitrogen and oxygen atoms in total. The fourth-order valence-corrected chi connectivity index (χ4v) is 12.0. The minimum Gasteiger partial charge on any atom is -1.00 e. The summed E-state index contributed by atoms with van der Waals surface area (Å²) in [6.45, 7) is 7.77. The summed E-state index contributed by atoms with van der Waals surface area (Å²) in [4.78, 5) is 60.6. The van der Waals surface area contributed by atoms with Gasteiger partial charge in [0.15, 0.2) is 59.9 Å². The first-order valence-electron chi connectivity index (χ1n) is 21.6. The topological polar surface area (TPSA) is 246 Å². The van der Waals surface area contributed by atoms with Crippen LogP contribution in [0.25, 0.3) is 0 Å². The van der Waals surface area contributed by atoms with Crippen LogP contribution in [0.2, 0.25) is 0 Å². The van der Waals surface area contributed by atoms with Crippen molar-refractivity contribution < 1.29 is 55.1 Å². The third-order valence-electron chi connectivity index (χ3n) is 11.1. The molecule has 0 bridgehead atoms. The summed E-state index contributed by atoms with van der Waals surface area (Å²) in [5.41, 5.74) is 0.895. The van der Waals surface area contributed by atoms with Crippen LogP contribution in [-0.4, -0.2) is 136 Å². The first-order chi connectivity index (χ1) is 31.8. The van der Waals surface area contributed by atoms with Crippen molar-refractivity contribution in [2.24, 2.45) is 10.3 Å². The number of thiazole rings is 2. The van der Waals surface area contributed by atoms with Gasteiger partial charge in [0.2, 0.25) is 0 Å². The van der Waals surface area contributed by atoms with Gasteiger partial charge in [-0.2, -0.15) is 0 Å². The van der Waals surface area contributed by atoms with E-state index >= 15 is 0 Å². The number of hydrogen-bond acceptors (Lipinski definition) is 19. The second-order valence-corrected chi connectivity index (χ2v) is 23.0. The Kier molecular flexibility index (Phi) is 16.6. The summed E-state index contributed by atoms with van der Waals surface area (Å²) in [5, 5.41) is 17.1. The Bertz CT molecular complexity index is 2640. The lowest BCUT2D eigenvalue weighted by Gasteiger charge is -2.31. The van der Waals surface area contributed by atoms with Crippen molar-refractivity contribution >= 4 is 82.1 Å². The van der Waals surface area contributed by atoms with E-state index in [2.05, 4.69) is 48.1 Å². The fraction of sp³-hybridized carbons (Fsp3) is 0.465. The summed E-state index contributed by atoms with van der Waals surface area (Å²) in [5.74, 6) is -1.05. The van der Waals surface area contributed by atoms with E-state index in [9.17, 15) is 31.2 Å². The molecule has 3 saturated heterocycles. The molecule has 0 unspecified atom stereocenters. The zero-order valence-electron chi connectivity index (χ0n) is 36.4. The molecule has 3 aliphatic heterocycles. The van der Waals surface area contributed by atoms with Crippen molar-refractivity contribution in [2.45, 2.75) is 90.5 Å². The molecule has 5 aliphatic rings. The lowest BCUT2D eigenvalue weighted by molar-refractivity contribution is -0.111. The number of carbonyl (C=O) groups is 3. The maximum absolute atomic E-state index is 13.2. The second kappa shape index (κ2) is 22.4. The number of nitrogens with zero attached hydrogens (tertiary/aromatic N) is 5. The number of amides is 2. The summed E-state index contributed by atoms with van der Waals surface area (Å²) >= 11 is 2.45. The summed E-state index contributed by atoms with van der Waals surface area (Å²) in [6.07, 6.45) is 7.38. The van der Waals surface area contributed by atoms with E-state index in [0.717, 1.165) is 42.4 Å². The van der Waals surface area contributed by atoms with Gasteiger partial charge in [0, 0.05) is 67.3 Å². The number of piperazine rings is 1. The van der Waals surface area contributed by atoms with E-state index in [1.54, 1.807) is 18.3 Å². The monoisotopic (exact) mass is 1000 g/mol.